The van der Waals surface area contributed by atoms with E-state index in [0.29, 0.717) is 55.1 Å². The summed E-state index contributed by atoms with van der Waals surface area (Å²) < 4.78 is 13.4. The van der Waals surface area contributed by atoms with E-state index in [1.54, 1.807) is 23.1 Å². The van der Waals surface area contributed by atoms with E-state index >= 15 is 0 Å². The largest absolute Gasteiger partial charge is 0.368 e. The first kappa shape index (κ1) is 30.6. The second kappa shape index (κ2) is 13.6. The fourth-order valence-corrected chi connectivity index (χ4v) is 5.65. The van der Waals surface area contributed by atoms with Gasteiger partial charge >= 0.3 is 0 Å². The molecule has 12 heteroatoms. The number of anilines is 2. The number of nitrogens with zero attached hydrogens (tertiary/aromatic N) is 3. The van der Waals surface area contributed by atoms with Gasteiger partial charge in [0.1, 0.15) is 5.82 Å². The number of nitro groups is 1. The van der Waals surface area contributed by atoms with Gasteiger partial charge in [0.25, 0.3) is 23.4 Å². The van der Waals surface area contributed by atoms with Crippen molar-refractivity contribution in [2.75, 3.05) is 36.4 Å². The van der Waals surface area contributed by atoms with Crippen LogP contribution in [0, 0.1) is 15.9 Å². The number of benzene rings is 3. The summed E-state index contributed by atoms with van der Waals surface area (Å²) in [5, 5.41) is 17.0. The lowest BCUT2D eigenvalue weighted by atomic mass is 9.91. The predicted octanol–water partition coefficient (Wildman–Crippen LogP) is 4.34. The van der Waals surface area contributed by atoms with Crippen LogP contribution in [-0.4, -0.2) is 65.8 Å². The van der Waals surface area contributed by atoms with Crippen LogP contribution in [0.4, 0.5) is 21.5 Å². The number of nitrogens with one attached hydrogen (secondary N) is 2. The molecule has 1 aliphatic carbocycles. The quantitative estimate of drug-likeness (QED) is 0.269. The van der Waals surface area contributed by atoms with Crippen molar-refractivity contribution < 1.29 is 23.7 Å². The summed E-state index contributed by atoms with van der Waals surface area (Å²) >= 11 is 0. The van der Waals surface area contributed by atoms with Crippen LogP contribution in [0.3, 0.4) is 0 Å². The van der Waals surface area contributed by atoms with Gasteiger partial charge in [-0.15, -0.1) is 0 Å². The Morgan fingerprint density at radius 3 is 2.16 bits per heavy atom. The number of carbonyl (C=O) groups is 3. The molecule has 44 heavy (non-hydrogen) atoms. The Hall–Kier alpha value is -4.84. The maximum atomic E-state index is 13.4. The summed E-state index contributed by atoms with van der Waals surface area (Å²) in [6, 6.07) is 16.1. The van der Waals surface area contributed by atoms with Gasteiger partial charge in [-0.05, 0) is 86.7 Å². The van der Waals surface area contributed by atoms with Crippen LogP contribution in [0.2, 0.25) is 0 Å². The molecule has 3 aromatic rings. The van der Waals surface area contributed by atoms with Crippen molar-refractivity contribution >= 4 is 34.8 Å². The van der Waals surface area contributed by atoms with Crippen LogP contribution >= 0.6 is 0 Å². The second-order valence-electron chi connectivity index (χ2n) is 11.2. The normalized spacial score (nSPS) is 18.7. The fourth-order valence-electron chi connectivity index (χ4n) is 5.65. The topological polar surface area (TPSA) is 151 Å². The van der Waals surface area contributed by atoms with Gasteiger partial charge in [0, 0.05) is 67.1 Å². The van der Waals surface area contributed by atoms with E-state index < -0.39 is 16.6 Å². The summed E-state index contributed by atoms with van der Waals surface area (Å²) in [7, 11) is 0. The number of nitrogens with two attached hydrogens (primary N) is 1. The summed E-state index contributed by atoms with van der Waals surface area (Å²) in [5.41, 5.74) is 7.98. The average molecular weight is 603 g/mol. The van der Waals surface area contributed by atoms with Gasteiger partial charge in [-0.3, -0.25) is 24.5 Å². The summed E-state index contributed by atoms with van der Waals surface area (Å²) in [6.45, 7) is 1.95. The van der Waals surface area contributed by atoms with Crippen LogP contribution in [-0.2, 0) is 0 Å². The summed E-state index contributed by atoms with van der Waals surface area (Å²) in [5.74, 6) is -1.33. The van der Waals surface area contributed by atoms with Gasteiger partial charge in [-0.25, -0.2) is 4.39 Å². The van der Waals surface area contributed by atoms with Crippen LogP contribution in [0.5, 0.6) is 0 Å². The first-order valence-electron chi connectivity index (χ1n) is 14.7. The van der Waals surface area contributed by atoms with E-state index in [4.69, 9.17) is 5.73 Å². The zero-order valence-corrected chi connectivity index (χ0v) is 24.2. The van der Waals surface area contributed by atoms with E-state index in [9.17, 15) is 28.9 Å². The molecule has 0 unspecified atom stereocenters. The van der Waals surface area contributed by atoms with Crippen LogP contribution in [0.1, 0.15) is 63.2 Å². The van der Waals surface area contributed by atoms with Crippen LogP contribution in [0.25, 0.3) is 0 Å². The Morgan fingerprint density at radius 2 is 1.48 bits per heavy atom. The van der Waals surface area contributed by atoms with E-state index in [2.05, 4.69) is 10.6 Å². The average Bonchev–Trinajstić information content (AvgIpc) is 3.28. The number of halogens is 1. The third-order valence-corrected chi connectivity index (χ3v) is 8.17. The third kappa shape index (κ3) is 7.38. The number of nitro benzene ring substituents is 1. The molecule has 1 heterocycles. The minimum absolute atomic E-state index is 0.0235. The molecule has 0 atom stereocenters. The molecule has 4 N–H and O–H groups in total. The Labute approximate surface area is 254 Å². The highest BCUT2D eigenvalue weighted by Crippen LogP contribution is 2.30. The molecule has 1 aliphatic heterocycles. The fraction of sp³-hybridized carbons (Fsp3) is 0.344. The number of amides is 3. The van der Waals surface area contributed by atoms with Gasteiger partial charge in [-0.1, -0.05) is 0 Å². The first-order chi connectivity index (χ1) is 21.2. The van der Waals surface area contributed by atoms with Crippen molar-refractivity contribution in [3.8, 4) is 0 Å². The van der Waals surface area contributed by atoms with E-state index in [1.807, 2.05) is 4.90 Å². The molecule has 3 amide bonds. The van der Waals surface area contributed by atoms with E-state index in [1.165, 1.54) is 48.5 Å². The second-order valence-corrected chi connectivity index (χ2v) is 11.2. The molecular formula is C32H35FN6O5. The smallest absolute Gasteiger partial charge is 0.269 e. The molecule has 3 aromatic carbocycles. The number of rotatable bonds is 7. The Bertz CT molecular complexity index is 1520. The molecule has 0 aromatic heterocycles. The number of carbonyl (C=O) groups excluding carboxylic acids is 3. The minimum Gasteiger partial charge on any atom is -0.368 e. The molecule has 11 nitrogen and oxygen atoms in total. The predicted molar refractivity (Wildman–Crippen MR) is 164 cm³/mol. The Kier molecular flexibility index (Phi) is 9.49. The lowest BCUT2D eigenvalue weighted by Gasteiger charge is -2.28. The van der Waals surface area contributed by atoms with Crippen molar-refractivity contribution in [1.29, 1.82) is 0 Å². The molecule has 230 valence electrons. The van der Waals surface area contributed by atoms with Crippen molar-refractivity contribution in [1.82, 2.24) is 10.2 Å². The first-order valence-corrected chi connectivity index (χ1v) is 14.7. The number of non-ortho nitro benzene ring substituents is 1. The Morgan fingerprint density at radius 1 is 0.818 bits per heavy atom. The zero-order valence-electron chi connectivity index (χ0n) is 24.2. The minimum atomic E-state index is -0.536. The van der Waals surface area contributed by atoms with Crippen LogP contribution in [0.15, 0.2) is 66.7 Å². The van der Waals surface area contributed by atoms with Crippen LogP contribution < -0.4 is 21.3 Å². The maximum Gasteiger partial charge on any atom is 0.269 e. The molecule has 0 radical (unpaired) electrons. The summed E-state index contributed by atoms with van der Waals surface area (Å²) in [6.07, 6.45) is 3.94. The molecule has 5 rings (SSSR count). The Balaban J connectivity index is 1.36. The standard InChI is InChI=1S/C32H35FN6O5/c33-24-7-2-22(3-8-24)32(42)38-17-1-16-37(18-19-38)29-15-6-23(31(41)35-26-11-9-25(34)10-12-26)20-28(29)36-30(40)21-4-13-27(14-5-21)39(43)44/h2-8,13-15,20,25-26H,1,9-12,16-19,34H2,(H,35,41)(H,36,40). The van der Waals surface area contributed by atoms with Gasteiger partial charge in [0.05, 0.1) is 16.3 Å². The van der Waals surface area contributed by atoms with Gasteiger partial charge < -0.3 is 26.2 Å². The van der Waals surface area contributed by atoms with Crippen molar-refractivity contribution in [2.24, 2.45) is 5.73 Å². The third-order valence-electron chi connectivity index (χ3n) is 8.17. The molecule has 2 fully saturated rings. The lowest BCUT2D eigenvalue weighted by molar-refractivity contribution is -0.384. The maximum absolute atomic E-state index is 13.4. The highest BCUT2D eigenvalue weighted by Gasteiger charge is 2.25. The van der Waals surface area contributed by atoms with Crippen molar-refractivity contribution in [3.63, 3.8) is 0 Å². The monoisotopic (exact) mass is 602 g/mol. The highest BCUT2D eigenvalue weighted by molar-refractivity contribution is 6.07. The van der Waals surface area contributed by atoms with Crippen molar-refractivity contribution in [2.45, 2.75) is 44.2 Å². The molecular weight excluding hydrogens is 567 g/mol. The number of hydrogen-bond acceptors (Lipinski definition) is 7. The molecule has 0 spiro atoms. The van der Waals surface area contributed by atoms with E-state index in [-0.39, 0.29) is 35.1 Å². The molecule has 2 aliphatic rings. The summed E-state index contributed by atoms with van der Waals surface area (Å²) in [4.78, 5) is 53.8. The van der Waals surface area contributed by atoms with Gasteiger partial charge in [0.2, 0.25) is 0 Å². The molecule has 0 bridgehead atoms. The van der Waals surface area contributed by atoms with Gasteiger partial charge in [-0.2, -0.15) is 0 Å². The van der Waals surface area contributed by atoms with Gasteiger partial charge in [0.15, 0.2) is 0 Å². The molecule has 1 saturated heterocycles. The SMILES string of the molecule is NC1CCC(NC(=O)c2ccc(N3CCCN(C(=O)c4ccc(F)cc4)CC3)c(NC(=O)c3ccc([N+](=O)[O-])cc3)c2)CC1. The van der Waals surface area contributed by atoms with E-state index in [0.717, 1.165) is 25.7 Å². The molecule has 1 saturated carbocycles. The van der Waals surface area contributed by atoms with Crippen molar-refractivity contribution in [3.05, 3.63) is 99.4 Å². The lowest BCUT2D eigenvalue weighted by Crippen LogP contribution is -2.40. The highest BCUT2D eigenvalue weighted by atomic mass is 19.1. The number of hydrogen-bond donors (Lipinski definition) is 3. The zero-order chi connectivity index (χ0) is 31.2.